The molecule has 3 nitrogen and oxygen atoms in total. The van der Waals surface area contributed by atoms with Gasteiger partial charge in [-0.15, -0.1) is 0 Å². The summed E-state index contributed by atoms with van der Waals surface area (Å²) in [5.41, 5.74) is 1.92. The lowest BCUT2D eigenvalue weighted by molar-refractivity contribution is 0.627. The van der Waals surface area contributed by atoms with E-state index in [4.69, 9.17) is 0 Å². The van der Waals surface area contributed by atoms with Crippen LogP contribution in [-0.2, 0) is 0 Å². The molecule has 0 unspecified atom stereocenters. The van der Waals surface area contributed by atoms with E-state index < -0.39 is 0 Å². The van der Waals surface area contributed by atoms with Gasteiger partial charge in [-0.1, -0.05) is 0 Å². The zero-order valence-corrected chi connectivity index (χ0v) is 9.04. The van der Waals surface area contributed by atoms with E-state index in [0.29, 0.717) is 11.5 Å². The third-order valence-electron chi connectivity index (χ3n) is 2.31. The Bertz CT molecular complexity index is 590. The topological polar surface area (TPSA) is 45.8 Å². The van der Waals surface area contributed by atoms with Gasteiger partial charge in [-0.2, -0.15) is 0 Å². The van der Waals surface area contributed by atoms with Crippen LogP contribution in [0.2, 0.25) is 0 Å². The average molecular weight is 218 g/mol. The zero-order chi connectivity index (χ0) is 11.7. The molecule has 0 saturated heterocycles. The molecule has 2 aromatic rings. The molecule has 1 aromatic heterocycles. The molecule has 0 aliphatic carbocycles. The molecule has 1 heterocycles. The average Bonchev–Trinajstić information content (AvgIpc) is 2.15. The first kappa shape index (κ1) is 10.5. The molecule has 82 valence electrons. The molecule has 0 radical (unpaired) electrons. The monoisotopic (exact) mass is 218 g/mol. The van der Waals surface area contributed by atoms with E-state index >= 15 is 0 Å². The van der Waals surface area contributed by atoms with Crippen molar-refractivity contribution >= 4 is 0 Å². The smallest absolute Gasteiger partial charge is 0.251 e. The number of aryl methyl sites for hydroxylation is 2. The number of hydrogen-bond acceptors (Lipinski definition) is 2. The second-order valence-corrected chi connectivity index (χ2v) is 3.69. The summed E-state index contributed by atoms with van der Waals surface area (Å²) in [7, 11) is 0. The van der Waals surface area contributed by atoms with Gasteiger partial charge in [0.05, 0.1) is 0 Å². The Labute approximate surface area is 92.0 Å². The third kappa shape index (κ3) is 2.00. The van der Waals surface area contributed by atoms with Gasteiger partial charge in [-0.05, 0) is 37.6 Å². The number of halogens is 1. The van der Waals surface area contributed by atoms with Crippen molar-refractivity contribution in [1.82, 2.24) is 9.97 Å². The largest absolute Gasteiger partial charge is 0.307 e. The number of aromatic nitrogens is 2. The van der Waals surface area contributed by atoms with Crippen LogP contribution in [0.4, 0.5) is 4.39 Å². The Morgan fingerprint density at radius 2 is 2.00 bits per heavy atom. The van der Waals surface area contributed by atoms with Gasteiger partial charge in [0.15, 0.2) is 0 Å². The van der Waals surface area contributed by atoms with Crippen LogP contribution >= 0.6 is 0 Å². The van der Waals surface area contributed by atoms with E-state index in [9.17, 15) is 9.18 Å². The maximum absolute atomic E-state index is 12.9. The van der Waals surface area contributed by atoms with Crippen LogP contribution in [0.3, 0.4) is 0 Å². The van der Waals surface area contributed by atoms with E-state index in [1.54, 1.807) is 19.9 Å². The molecule has 0 aliphatic heterocycles. The summed E-state index contributed by atoms with van der Waals surface area (Å²) in [4.78, 5) is 18.1. The summed E-state index contributed by atoms with van der Waals surface area (Å²) in [6, 6.07) is 5.80. The second kappa shape index (κ2) is 3.89. The number of nitrogens with zero attached hydrogens (tertiary/aromatic N) is 1. The van der Waals surface area contributed by atoms with E-state index in [-0.39, 0.29) is 11.4 Å². The fourth-order valence-corrected chi connectivity index (χ4v) is 1.60. The molecule has 0 saturated carbocycles. The van der Waals surface area contributed by atoms with Gasteiger partial charge in [-0.25, -0.2) is 9.37 Å². The minimum Gasteiger partial charge on any atom is -0.307 e. The Kier molecular flexibility index (Phi) is 2.56. The highest BCUT2D eigenvalue weighted by Gasteiger charge is 2.06. The van der Waals surface area contributed by atoms with Crippen LogP contribution in [0.5, 0.6) is 0 Å². The lowest BCUT2D eigenvalue weighted by atomic mass is 10.1. The second-order valence-electron chi connectivity index (χ2n) is 3.69. The van der Waals surface area contributed by atoms with Gasteiger partial charge in [0, 0.05) is 17.3 Å². The first-order chi connectivity index (χ1) is 7.56. The number of H-pyrrole nitrogens is 1. The van der Waals surface area contributed by atoms with Gasteiger partial charge in [0.1, 0.15) is 11.6 Å². The van der Waals surface area contributed by atoms with Gasteiger partial charge >= 0.3 is 0 Å². The lowest BCUT2D eigenvalue weighted by Gasteiger charge is -2.05. The van der Waals surface area contributed by atoms with Crippen LogP contribution in [0.25, 0.3) is 11.4 Å². The normalized spacial score (nSPS) is 10.4. The van der Waals surface area contributed by atoms with E-state index in [1.165, 1.54) is 18.2 Å². The Morgan fingerprint density at radius 3 is 2.62 bits per heavy atom. The molecule has 1 aromatic carbocycles. The van der Waals surface area contributed by atoms with Crippen molar-refractivity contribution in [2.24, 2.45) is 0 Å². The Hall–Kier alpha value is -1.97. The molecule has 2 rings (SSSR count). The number of aromatic amines is 1. The fraction of sp³-hybridized carbons (Fsp3) is 0.167. The highest BCUT2D eigenvalue weighted by molar-refractivity contribution is 5.59. The van der Waals surface area contributed by atoms with Crippen molar-refractivity contribution in [3.63, 3.8) is 0 Å². The lowest BCUT2D eigenvalue weighted by Crippen LogP contribution is -2.09. The van der Waals surface area contributed by atoms with Gasteiger partial charge in [0.2, 0.25) is 0 Å². The molecular formula is C12H11FN2O. The van der Waals surface area contributed by atoms with Gasteiger partial charge < -0.3 is 4.98 Å². The Morgan fingerprint density at radius 1 is 1.25 bits per heavy atom. The molecule has 0 aliphatic rings. The van der Waals surface area contributed by atoms with Crippen molar-refractivity contribution < 1.29 is 4.39 Å². The van der Waals surface area contributed by atoms with Gasteiger partial charge in [-0.3, -0.25) is 4.79 Å². The highest BCUT2D eigenvalue weighted by Crippen LogP contribution is 2.19. The van der Waals surface area contributed by atoms with E-state index in [1.807, 2.05) is 0 Å². The predicted octanol–water partition coefficient (Wildman–Crippen LogP) is 2.19. The number of nitrogens with one attached hydrogen (secondary N) is 1. The van der Waals surface area contributed by atoms with Crippen LogP contribution in [-0.4, -0.2) is 9.97 Å². The summed E-state index contributed by atoms with van der Waals surface area (Å²) in [5, 5.41) is 0. The van der Waals surface area contributed by atoms with Crippen molar-refractivity contribution in [3.05, 3.63) is 51.7 Å². The standard InChI is InChI=1S/C12H11FN2O/c1-7-5-9(13)3-4-10(7)12-14-8(2)6-11(16)15-12/h3-6H,1-2H3,(H,14,15,16). The SMILES string of the molecule is Cc1cc(=O)[nH]c(-c2ccc(F)cc2C)n1. The first-order valence-corrected chi connectivity index (χ1v) is 4.91. The molecule has 1 N–H and O–H groups in total. The number of hydrogen-bond donors (Lipinski definition) is 1. The summed E-state index contributed by atoms with van der Waals surface area (Å²) in [5.74, 6) is 0.179. The minimum absolute atomic E-state index is 0.203. The van der Waals surface area contributed by atoms with Crippen molar-refractivity contribution in [3.8, 4) is 11.4 Å². The fourth-order valence-electron chi connectivity index (χ4n) is 1.60. The highest BCUT2D eigenvalue weighted by atomic mass is 19.1. The maximum Gasteiger partial charge on any atom is 0.251 e. The quantitative estimate of drug-likeness (QED) is 0.797. The summed E-state index contributed by atoms with van der Waals surface area (Å²) in [6.07, 6.45) is 0. The number of benzene rings is 1. The van der Waals surface area contributed by atoms with E-state index in [2.05, 4.69) is 9.97 Å². The molecule has 0 bridgehead atoms. The first-order valence-electron chi connectivity index (χ1n) is 4.91. The van der Waals surface area contributed by atoms with E-state index in [0.717, 1.165) is 11.1 Å². The van der Waals surface area contributed by atoms with Crippen molar-refractivity contribution in [2.45, 2.75) is 13.8 Å². The third-order valence-corrected chi connectivity index (χ3v) is 2.31. The molecule has 0 amide bonds. The summed E-state index contributed by atoms with van der Waals surface area (Å²) >= 11 is 0. The number of rotatable bonds is 1. The zero-order valence-electron chi connectivity index (χ0n) is 9.04. The Balaban J connectivity index is 2.63. The van der Waals surface area contributed by atoms with Crippen LogP contribution in [0.1, 0.15) is 11.3 Å². The van der Waals surface area contributed by atoms with Crippen LogP contribution in [0.15, 0.2) is 29.1 Å². The van der Waals surface area contributed by atoms with Crippen molar-refractivity contribution in [2.75, 3.05) is 0 Å². The van der Waals surface area contributed by atoms with Crippen LogP contribution < -0.4 is 5.56 Å². The molecule has 16 heavy (non-hydrogen) atoms. The molecule has 0 spiro atoms. The molecule has 0 fully saturated rings. The maximum atomic E-state index is 12.9. The molecular weight excluding hydrogens is 207 g/mol. The van der Waals surface area contributed by atoms with Gasteiger partial charge in [0.25, 0.3) is 5.56 Å². The molecule has 4 heteroatoms. The minimum atomic E-state index is -0.295. The summed E-state index contributed by atoms with van der Waals surface area (Å²) < 4.78 is 12.9. The van der Waals surface area contributed by atoms with Crippen molar-refractivity contribution in [1.29, 1.82) is 0 Å². The predicted molar refractivity (Wildman–Crippen MR) is 59.7 cm³/mol. The van der Waals surface area contributed by atoms with Crippen LogP contribution in [0, 0.1) is 19.7 Å². The summed E-state index contributed by atoms with van der Waals surface area (Å²) in [6.45, 7) is 3.53. The molecule has 0 atom stereocenters.